The van der Waals surface area contributed by atoms with Gasteiger partial charge in [-0.05, 0) is 68.2 Å². The number of hydrogen-bond acceptors (Lipinski definition) is 6. The van der Waals surface area contributed by atoms with Crippen LogP contribution in [0.5, 0.6) is 11.5 Å². The highest BCUT2D eigenvalue weighted by Gasteiger charge is 2.21. The lowest BCUT2D eigenvalue weighted by molar-refractivity contribution is 0.0526. The highest BCUT2D eigenvalue weighted by molar-refractivity contribution is 6.09. The van der Waals surface area contributed by atoms with Gasteiger partial charge in [-0.2, -0.15) is 0 Å². The molecule has 3 rings (SSSR count). The lowest BCUT2D eigenvalue weighted by Crippen LogP contribution is -2.16. The van der Waals surface area contributed by atoms with E-state index in [1.54, 1.807) is 32.1 Å². The van der Waals surface area contributed by atoms with Crippen molar-refractivity contribution < 1.29 is 14.3 Å². The van der Waals surface area contributed by atoms with Gasteiger partial charge in [0.25, 0.3) is 0 Å². The van der Waals surface area contributed by atoms with Crippen molar-refractivity contribution in [2.75, 3.05) is 11.9 Å². The summed E-state index contributed by atoms with van der Waals surface area (Å²) >= 11 is 0. The highest BCUT2D eigenvalue weighted by atomic mass is 16.5. The first-order valence-corrected chi connectivity index (χ1v) is 12.2. The molecule has 0 fully saturated rings. The molecule has 1 aromatic heterocycles. The fourth-order valence-corrected chi connectivity index (χ4v) is 3.77. The first-order valence-electron chi connectivity index (χ1n) is 12.2. The molecule has 6 heteroatoms. The molecule has 0 aliphatic heterocycles. The molecule has 3 aromatic rings. The molecule has 37 heavy (non-hydrogen) atoms. The number of para-hydroxylation sites is 1. The third-order valence-electron chi connectivity index (χ3n) is 5.57. The van der Waals surface area contributed by atoms with E-state index in [4.69, 9.17) is 19.9 Å². The van der Waals surface area contributed by atoms with Crippen LogP contribution in [0.25, 0.3) is 0 Å². The van der Waals surface area contributed by atoms with Crippen molar-refractivity contribution in [3.63, 3.8) is 0 Å². The zero-order valence-corrected chi connectivity index (χ0v) is 21.4. The predicted octanol–water partition coefficient (Wildman–Crippen LogP) is 7.28. The molecule has 0 atom stereocenters. The molecular weight excluding hydrogens is 462 g/mol. The number of allylic oxidation sites excluding steroid dienone is 4. The van der Waals surface area contributed by atoms with Crippen LogP contribution in [0.3, 0.4) is 0 Å². The number of benzene rings is 2. The second-order valence-corrected chi connectivity index (χ2v) is 8.32. The molecule has 0 unspecified atom stereocenters. The van der Waals surface area contributed by atoms with Crippen LogP contribution < -0.4 is 10.1 Å². The molecule has 0 saturated heterocycles. The molecule has 0 saturated carbocycles. The minimum Gasteiger partial charge on any atom is -0.462 e. The average molecular weight is 496 g/mol. The number of rotatable bonds is 13. The standard InChI is InChI=1S/C31H33N3O3/c1-5-11-23(6-2)14-17-25-20-28(31(35)36-7-3)29(22(4)32)30(34-25)33-21-24-15-18-27(19-16-24)37-26-12-9-8-10-13-26/h5-6,8-13,15-16,18-20,32H,1-2,7,14,17,21H2,3-4H3,(H,33,34)/b23-11+,32-22?. The van der Waals surface area contributed by atoms with Crippen LogP contribution in [0.4, 0.5) is 5.82 Å². The maximum absolute atomic E-state index is 12.8. The molecule has 0 radical (unpaired) electrons. The topological polar surface area (TPSA) is 84.3 Å². The number of nitrogens with zero attached hydrogens (tertiary/aromatic N) is 1. The van der Waals surface area contributed by atoms with Gasteiger partial charge < -0.3 is 20.2 Å². The van der Waals surface area contributed by atoms with E-state index < -0.39 is 5.97 Å². The second kappa shape index (κ2) is 13.6. The van der Waals surface area contributed by atoms with E-state index in [1.807, 2.05) is 60.7 Å². The summed E-state index contributed by atoms with van der Waals surface area (Å²) < 4.78 is 11.2. The summed E-state index contributed by atoms with van der Waals surface area (Å²) in [4.78, 5) is 17.6. The Bertz CT molecular complexity index is 1280. The summed E-state index contributed by atoms with van der Waals surface area (Å²) in [5, 5.41) is 11.7. The molecule has 6 nitrogen and oxygen atoms in total. The lowest BCUT2D eigenvalue weighted by Gasteiger charge is -2.17. The minimum absolute atomic E-state index is 0.231. The first-order chi connectivity index (χ1) is 17.9. The molecular formula is C31H33N3O3. The normalized spacial score (nSPS) is 10.9. The van der Waals surface area contributed by atoms with Crippen LogP contribution in [0.1, 0.15) is 47.4 Å². The highest BCUT2D eigenvalue weighted by Crippen LogP contribution is 2.25. The minimum atomic E-state index is -0.469. The fourth-order valence-electron chi connectivity index (χ4n) is 3.77. The van der Waals surface area contributed by atoms with Gasteiger partial charge >= 0.3 is 5.97 Å². The Morgan fingerprint density at radius 3 is 2.41 bits per heavy atom. The summed E-state index contributed by atoms with van der Waals surface area (Å²) in [6.07, 6.45) is 6.69. The molecule has 190 valence electrons. The molecule has 1 heterocycles. The van der Waals surface area contributed by atoms with Crippen molar-refractivity contribution in [3.05, 3.63) is 120 Å². The summed E-state index contributed by atoms with van der Waals surface area (Å²) in [6.45, 7) is 11.7. The molecule has 2 aromatic carbocycles. The Balaban J connectivity index is 1.85. The number of pyridine rings is 1. The van der Waals surface area contributed by atoms with E-state index in [1.165, 1.54) is 0 Å². The van der Waals surface area contributed by atoms with Crippen LogP contribution in [-0.2, 0) is 17.7 Å². The Hall–Kier alpha value is -4.45. The van der Waals surface area contributed by atoms with Gasteiger partial charge in [-0.3, -0.25) is 0 Å². The van der Waals surface area contributed by atoms with Gasteiger partial charge in [0.1, 0.15) is 17.3 Å². The van der Waals surface area contributed by atoms with Crippen molar-refractivity contribution in [2.45, 2.75) is 33.2 Å². The van der Waals surface area contributed by atoms with Gasteiger partial charge in [-0.25, -0.2) is 9.78 Å². The third kappa shape index (κ3) is 7.77. The summed E-state index contributed by atoms with van der Waals surface area (Å²) in [5.74, 6) is 1.52. The quantitative estimate of drug-likeness (QED) is 0.148. The number of anilines is 1. The Morgan fingerprint density at radius 1 is 1.08 bits per heavy atom. The van der Waals surface area contributed by atoms with Crippen molar-refractivity contribution in [2.24, 2.45) is 0 Å². The fraction of sp³-hybridized carbons (Fsp3) is 0.194. The summed E-state index contributed by atoms with van der Waals surface area (Å²) in [7, 11) is 0. The van der Waals surface area contributed by atoms with E-state index in [9.17, 15) is 4.79 Å². The molecule has 0 bridgehead atoms. The number of carbonyl (C=O) groups excluding carboxylic acids is 1. The van der Waals surface area contributed by atoms with Crippen molar-refractivity contribution in [3.8, 4) is 11.5 Å². The number of aryl methyl sites for hydroxylation is 1. The lowest BCUT2D eigenvalue weighted by atomic mass is 10.0. The second-order valence-electron chi connectivity index (χ2n) is 8.32. The summed E-state index contributed by atoms with van der Waals surface area (Å²) in [5.41, 5.74) is 3.75. The number of ether oxygens (including phenoxy) is 2. The largest absolute Gasteiger partial charge is 0.462 e. The van der Waals surface area contributed by atoms with Crippen molar-refractivity contribution in [1.29, 1.82) is 5.41 Å². The molecule has 0 amide bonds. The van der Waals surface area contributed by atoms with E-state index in [0.29, 0.717) is 36.3 Å². The number of esters is 1. The molecule has 0 aliphatic rings. The molecule has 0 spiro atoms. The number of hydrogen-bond donors (Lipinski definition) is 2. The van der Waals surface area contributed by atoms with Gasteiger partial charge in [0.05, 0.1) is 17.7 Å². The zero-order chi connectivity index (χ0) is 26.6. The Kier molecular flexibility index (Phi) is 9.97. The maximum atomic E-state index is 12.8. The maximum Gasteiger partial charge on any atom is 0.338 e. The van der Waals surface area contributed by atoms with Crippen LogP contribution in [0.2, 0.25) is 0 Å². The van der Waals surface area contributed by atoms with E-state index in [-0.39, 0.29) is 12.3 Å². The van der Waals surface area contributed by atoms with Gasteiger partial charge in [-0.1, -0.05) is 61.7 Å². The van der Waals surface area contributed by atoms with Crippen LogP contribution in [0, 0.1) is 5.41 Å². The number of aromatic nitrogens is 1. The van der Waals surface area contributed by atoms with Gasteiger partial charge in [0.2, 0.25) is 0 Å². The van der Waals surface area contributed by atoms with Gasteiger partial charge in [0, 0.05) is 18.0 Å². The van der Waals surface area contributed by atoms with Crippen molar-refractivity contribution >= 4 is 17.5 Å². The zero-order valence-electron chi connectivity index (χ0n) is 21.4. The van der Waals surface area contributed by atoms with E-state index >= 15 is 0 Å². The average Bonchev–Trinajstić information content (AvgIpc) is 2.90. The van der Waals surface area contributed by atoms with E-state index in [0.717, 1.165) is 28.3 Å². The van der Waals surface area contributed by atoms with E-state index in [2.05, 4.69) is 18.5 Å². The summed E-state index contributed by atoms with van der Waals surface area (Å²) in [6, 6.07) is 19.1. The van der Waals surface area contributed by atoms with Crippen LogP contribution >= 0.6 is 0 Å². The predicted molar refractivity (Wildman–Crippen MR) is 150 cm³/mol. The number of carbonyl (C=O) groups is 1. The van der Waals surface area contributed by atoms with Crippen LogP contribution in [0.15, 0.2) is 97.6 Å². The number of nitrogens with one attached hydrogen (secondary N) is 2. The molecule has 0 aliphatic carbocycles. The SMILES string of the molecule is C=C/C=C(\C=C)CCc1cc(C(=O)OCC)c(C(C)=N)c(NCc2ccc(Oc3ccccc3)cc2)n1. The third-order valence-corrected chi connectivity index (χ3v) is 5.57. The van der Waals surface area contributed by atoms with Gasteiger partial charge in [-0.15, -0.1) is 0 Å². The Labute approximate surface area is 218 Å². The van der Waals surface area contributed by atoms with Crippen molar-refractivity contribution in [1.82, 2.24) is 4.98 Å². The van der Waals surface area contributed by atoms with Gasteiger partial charge in [0.15, 0.2) is 0 Å². The Morgan fingerprint density at radius 2 is 1.78 bits per heavy atom. The monoisotopic (exact) mass is 495 g/mol. The first kappa shape index (κ1) is 27.1. The smallest absolute Gasteiger partial charge is 0.338 e. The van der Waals surface area contributed by atoms with Crippen LogP contribution in [-0.4, -0.2) is 23.3 Å². The molecule has 2 N–H and O–H groups in total.